The van der Waals surface area contributed by atoms with Crippen molar-refractivity contribution in [3.8, 4) is 0 Å². The molecule has 26 heavy (non-hydrogen) atoms. The number of benzene rings is 1. The molecule has 1 fully saturated rings. The van der Waals surface area contributed by atoms with Crippen molar-refractivity contribution in [1.29, 1.82) is 0 Å². The second-order valence-electron chi connectivity index (χ2n) is 6.48. The summed E-state index contributed by atoms with van der Waals surface area (Å²) < 4.78 is 5.72. The van der Waals surface area contributed by atoms with Crippen LogP contribution in [0.15, 0.2) is 27.8 Å². The monoisotopic (exact) mass is 413 g/mol. The summed E-state index contributed by atoms with van der Waals surface area (Å²) in [6.07, 6.45) is 5.91. The van der Waals surface area contributed by atoms with E-state index >= 15 is 0 Å². The second kappa shape index (κ2) is 9.11. The summed E-state index contributed by atoms with van der Waals surface area (Å²) in [5.74, 6) is 1.16. The number of hydrogen-bond donors (Lipinski definition) is 1. The predicted octanol–water partition coefficient (Wildman–Crippen LogP) is 5.39. The molecule has 1 aliphatic rings. The molecule has 2 aromatic rings. The van der Waals surface area contributed by atoms with Crippen molar-refractivity contribution < 1.29 is 9.21 Å². The van der Waals surface area contributed by atoms with E-state index in [9.17, 15) is 4.79 Å². The lowest BCUT2D eigenvalue weighted by molar-refractivity contribution is -0.119. The highest BCUT2D eigenvalue weighted by Gasteiger charge is 2.22. The molecule has 1 saturated carbocycles. The lowest BCUT2D eigenvalue weighted by Gasteiger charge is -2.17. The molecule has 5 nitrogen and oxygen atoms in total. The Labute approximate surface area is 167 Å². The van der Waals surface area contributed by atoms with Crippen molar-refractivity contribution in [2.75, 3.05) is 5.75 Å². The summed E-state index contributed by atoms with van der Waals surface area (Å²) in [6.45, 7) is 1.88. The number of nitrogens with one attached hydrogen (secondary N) is 1. The van der Waals surface area contributed by atoms with Crippen LogP contribution in [0.25, 0.3) is 0 Å². The van der Waals surface area contributed by atoms with Crippen LogP contribution in [0, 0.1) is 0 Å². The second-order valence-corrected chi connectivity index (χ2v) is 8.26. The number of amides is 1. The highest BCUT2D eigenvalue weighted by atomic mass is 35.5. The Morgan fingerprint density at radius 3 is 2.81 bits per heavy atom. The topological polar surface area (TPSA) is 68.0 Å². The fourth-order valence-electron chi connectivity index (χ4n) is 3.13. The van der Waals surface area contributed by atoms with Gasteiger partial charge in [-0.25, -0.2) is 0 Å². The lowest BCUT2D eigenvalue weighted by atomic mass is 9.89. The maximum Gasteiger partial charge on any atom is 0.277 e. The molecule has 1 atom stereocenters. The van der Waals surface area contributed by atoms with Crippen LogP contribution in [0.2, 0.25) is 10.0 Å². The van der Waals surface area contributed by atoms with Gasteiger partial charge in [0.2, 0.25) is 11.8 Å². The summed E-state index contributed by atoms with van der Waals surface area (Å²) in [7, 11) is 0. The maximum atomic E-state index is 12.2. The van der Waals surface area contributed by atoms with Gasteiger partial charge in [0, 0.05) is 16.0 Å². The van der Waals surface area contributed by atoms with Crippen LogP contribution in [0.4, 0.5) is 0 Å². The molecular formula is C18H21Cl2N3O2S. The summed E-state index contributed by atoms with van der Waals surface area (Å²) in [5.41, 5.74) is 0.826. The first-order valence-corrected chi connectivity index (χ1v) is 10.5. The summed E-state index contributed by atoms with van der Waals surface area (Å²) >= 11 is 13.3. The molecule has 0 saturated heterocycles. The Hall–Kier alpha value is -1.24. The smallest absolute Gasteiger partial charge is 0.277 e. The minimum absolute atomic E-state index is 0.120. The van der Waals surface area contributed by atoms with Gasteiger partial charge in [-0.05, 0) is 37.5 Å². The highest BCUT2D eigenvalue weighted by molar-refractivity contribution is 7.99. The van der Waals surface area contributed by atoms with Crippen LogP contribution >= 0.6 is 35.0 Å². The Balaban J connectivity index is 1.50. The summed E-state index contributed by atoms with van der Waals surface area (Å²) in [5, 5.41) is 12.7. The first-order valence-electron chi connectivity index (χ1n) is 8.73. The number of halogens is 2. The van der Waals surface area contributed by atoms with E-state index in [1.807, 2.05) is 13.0 Å². The van der Waals surface area contributed by atoms with Gasteiger partial charge in [-0.3, -0.25) is 4.79 Å². The van der Waals surface area contributed by atoms with Gasteiger partial charge < -0.3 is 9.73 Å². The molecule has 8 heteroatoms. The van der Waals surface area contributed by atoms with Crippen molar-refractivity contribution in [2.24, 2.45) is 0 Å². The standard InChI is InChI=1S/C18H21Cl2N3O2S/c1-11(14-8-7-13(19)9-15(14)20)21-16(24)10-26-18-23-22-17(25-18)12-5-3-2-4-6-12/h7-9,11-12H,2-6,10H2,1H3,(H,21,24)/t11-/m1/s1. The highest BCUT2D eigenvalue weighted by Crippen LogP contribution is 2.33. The van der Waals surface area contributed by atoms with Gasteiger partial charge >= 0.3 is 0 Å². The Kier molecular flexibility index (Phi) is 6.84. The third-order valence-corrected chi connectivity index (χ3v) is 5.89. The van der Waals surface area contributed by atoms with Crippen LogP contribution in [0.5, 0.6) is 0 Å². The molecular weight excluding hydrogens is 393 g/mol. The zero-order chi connectivity index (χ0) is 18.5. The molecule has 3 rings (SSSR count). The van der Waals surface area contributed by atoms with E-state index in [4.69, 9.17) is 27.6 Å². The third kappa shape index (κ3) is 5.15. The van der Waals surface area contributed by atoms with Gasteiger partial charge in [-0.1, -0.05) is 60.3 Å². The molecule has 0 aliphatic heterocycles. The van der Waals surface area contributed by atoms with Crippen molar-refractivity contribution in [3.63, 3.8) is 0 Å². The van der Waals surface area contributed by atoms with Crippen molar-refractivity contribution >= 4 is 40.9 Å². The zero-order valence-electron chi connectivity index (χ0n) is 14.5. The largest absolute Gasteiger partial charge is 0.416 e. The molecule has 1 aliphatic carbocycles. The molecule has 1 aromatic heterocycles. The number of carbonyl (C=O) groups is 1. The molecule has 0 bridgehead atoms. The van der Waals surface area contributed by atoms with E-state index in [0.29, 0.717) is 27.1 Å². The maximum absolute atomic E-state index is 12.2. The van der Waals surface area contributed by atoms with E-state index in [2.05, 4.69) is 15.5 Å². The minimum atomic E-state index is -0.214. The minimum Gasteiger partial charge on any atom is -0.416 e. The van der Waals surface area contributed by atoms with Gasteiger partial charge in [-0.15, -0.1) is 10.2 Å². The number of nitrogens with zero attached hydrogens (tertiary/aromatic N) is 2. The quantitative estimate of drug-likeness (QED) is 0.642. The molecule has 1 aromatic carbocycles. The predicted molar refractivity (Wildman–Crippen MR) is 104 cm³/mol. The number of carbonyl (C=O) groups excluding carboxylic acids is 1. The average molecular weight is 414 g/mol. The van der Waals surface area contributed by atoms with Gasteiger partial charge in [-0.2, -0.15) is 0 Å². The summed E-state index contributed by atoms with van der Waals surface area (Å²) in [4.78, 5) is 12.2. The SMILES string of the molecule is C[C@@H](NC(=O)CSc1nnc(C2CCCCC2)o1)c1ccc(Cl)cc1Cl. The van der Waals surface area contributed by atoms with Crippen LogP contribution < -0.4 is 5.32 Å². The van der Waals surface area contributed by atoms with Gasteiger partial charge in [0.15, 0.2) is 0 Å². The number of hydrogen-bond acceptors (Lipinski definition) is 5. The first kappa shape index (κ1) is 19.5. The van der Waals surface area contributed by atoms with E-state index in [1.54, 1.807) is 12.1 Å². The number of rotatable bonds is 6. The molecule has 0 spiro atoms. The van der Waals surface area contributed by atoms with Crippen LogP contribution in [-0.4, -0.2) is 21.9 Å². The van der Waals surface area contributed by atoms with E-state index in [0.717, 1.165) is 18.4 Å². The Morgan fingerprint density at radius 2 is 2.08 bits per heavy atom. The van der Waals surface area contributed by atoms with E-state index in [1.165, 1.54) is 31.0 Å². The van der Waals surface area contributed by atoms with Gasteiger partial charge in [0.25, 0.3) is 5.22 Å². The average Bonchev–Trinajstić information content (AvgIpc) is 3.09. The molecule has 1 heterocycles. The fourth-order valence-corrected chi connectivity index (χ4v) is 4.29. The molecule has 0 radical (unpaired) electrons. The molecule has 0 unspecified atom stereocenters. The molecule has 1 N–H and O–H groups in total. The lowest BCUT2D eigenvalue weighted by Crippen LogP contribution is -2.28. The van der Waals surface area contributed by atoms with Crippen LogP contribution in [0.1, 0.15) is 62.4 Å². The number of aromatic nitrogens is 2. The number of thioether (sulfide) groups is 1. The van der Waals surface area contributed by atoms with Crippen molar-refractivity contribution in [2.45, 2.75) is 56.2 Å². The van der Waals surface area contributed by atoms with Crippen LogP contribution in [-0.2, 0) is 4.79 Å². The first-order chi connectivity index (χ1) is 12.5. The van der Waals surface area contributed by atoms with Crippen molar-refractivity contribution in [1.82, 2.24) is 15.5 Å². The summed E-state index contributed by atoms with van der Waals surface area (Å²) in [6, 6.07) is 5.03. The Morgan fingerprint density at radius 1 is 1.31 bits per heavy atom. The Bertz CT molecular complexity index is 763. The van der Waals surface area contributed by atoms with Gasteiger partial charge in [0.1, 0.15) is 0 Å². The molecule has 140 valence electrons. The zero-order valence-corrected chi connectivity index (χ0v) is 16.8. The molecule has 1 amide bonds. The van der Waals surface area contributed by atoms with Crippen molar-refractivity contribution in [3.05, 3.63) is 39.7 Å². The van der Waals surface area contributed by atoms with Gasteiger partial charge in [0.05, 0.1) is 11.8 Å². The van der Waals surface area contributed by atoms with E-state index < -0.39 is 0 Å². The van der Waals surface area contributed by atoms with E-state index in [-0.39, 0.29) is 17.7 Å². The fraction of sp³-hybridized carbons (Fsp3) is 0.500. The van der Waals surface area contributed by atoms with Crippen LogP contribution in [0.3, 0.4) is 0 Å². The third-order valence-electron chi connectivity index (χ3n) is 4.51. The normalized spacial score (nSPS) is 16.4.